The fourth-order valence-electron chi connectivity index (χ4n) is 2.53. The molecular weight excluding hydrogens is 254 g/mol. The fourth-order valence-corrected chi connectivity index (χ4v) is 2.87. The topological polar surface area (TPSA) is 24.0 Å². The second-order valence-electron chi connectivity index (χ2n) is 5.89. The van der Waals surface area contributed by atoms with Crippen LogP contribution in [0.3, 0.4) is 0 Å². The van der Waals surface area contributed by atoms with E-state index in [0.29, 0.717) is 12.0 Å². The van der Waals surface area contributed by atoms with E-state index in [1.807, 2.05) is 0 Å². The van der Waals surface area contributed by atoms with Crippen LogP contribution in [0.1, 0.15) is 25.5 Å². The molecule has 0 spiro atoms. The van der Waals surface area contributed by atoms with E-state index in [4.69, 9.17) is 12.2 Å². The first kappa shape index (κ1) is 14.3. The summed E-state index contributed by atoms with van der Waals surface area (Å²) in [6.45, 7) is 7.62. The van der Waals surface area contributed by atoms with E-state index in [1.54, 1.807) is 0 Å². The maximum atomic E-state index is 5.53. The SMILES string of the molecule is Cc1ccc2[nH]c(=S)n(C(CN(C)C)C(C)C)c2c1. The summed E-state index contributed by atoms with van der Waals surface area (Å²) in [7, 11) is 4.22. The van der Waals surface area contributed by atoms with Gasteiger partial charge in [-0.05, 0) is 56.9 Å². The Kier molecular flexibility index (Phi) is 4.11. The Labute approximate surface area is 120 Å². The van der Waals surface area contributed by atoms with Crippen molar-refractivity contribution in [1.82, 2.24) is 14.5 Å². The Hall–Kier alpha value is -1.13. The maximum Gasteiger partial charge on any atom is 0.178 e. The van der Waals surface area contributed by atoms with E-state index in [1.165, 1.54) is 11.1 Å². The number of fused-ring (bicyclic) bond motifs is 1. The summed E-state index contributed by atoms with van der Waals surface area (Å²) in [6.07, 6.45) is 0. The monoisotopic (exact) mass is 277 g/mol. The third-order valence-electron chi connectivity index (χ3n) is 3.53. The molecule has 0 fully saturated rings. The zero-order valence-corrected chi connectivity index (χ0v) is 13.2. The van der Waals surface area contributed by atoms with Crippen LogP contribution in [-0.2, 0) is 0 Å². The van der Waals surface area contributed by atoms with Crippen LogP contribution in [0.15, 0.2) is 18.2 Å². The number of nitrogens with zero attached hydrogens (tertiary/aromatic N) is 2. The average molecular weight is 277 g/mol. The van der Waals surface area contributed by atoms with Crippen LogP contribution in [0.2, 0.25) is 0 Å². The molecule has 0 bridgehead atoms. The third-order valence-corrected chi connectivity index (χ3v) is 3.83. The van der Waals surface area contributed by atoms with Gasteiger partial charge in [0.25, 0.3) is 0 Å². The van der Waals surface area contributed by atoms with Gasteiger partial charge < -0.3 is 14.5 Å². The second kappa shape index (κ2) is 5.47. The van der Waals surface area contributed by atoms with Crippen molar-refractivity contribution >= 4 is 23.3 Å². The minimum Gasteiger partial charge on any atom is -0.331 e. The van der Waals surface area contributed by atoms with Gasteiger partial charge in [-0.15, -0.1) is 0 Å². The molecule has 1 atom stereocenters. The van der Waals surface area contributed by atoms with Gasteiger partial charge in [0, 0.05) is 6.54 Å². The average Bonchev–Trinajstić information content (AvgIpc) is 2.61. The first-order valence-electron chi connectivity index (χ1n) is 6.75. The van der Waals surface area contributed by atoms with Crippen molar-refractivity contribution in [3.63, 3.8) is 0 Å². The zero-order valence-electron chi connectivity index (χ0n) is 12.4. The van der Waals surface area contributed by atoms with Crippen molar-refractivity contribution in [1.29, 1.82) is 0 Å². The number of aryl methyl sites for hydroxylation is 1. The molecule has 2 aromatic rings. The van der Waals surface area contributed by atoms with E-state index >= 15 is 0 Å². The first-order chi connectivity index (χ1) is 8.90. The highest BCUT2D eigenvalue weighted by Gasteiger charge is 2.19. The van der Waals surface area contributed by atoms with Crippen LogP contribution in [0.4, 0.5) is 0 Å². The second-order valence-corrected chi connectivity index (χ2v) is 6.28. The largest absolute Gasteiger partial charge is 0.331 e. The normalized spacial score (nSPS) is 13.6. The number of rotatable bonds is 4. The Morgan fingerprint density at radius 2 is 2.00 bits per heavy atom. The molecule has 0 saturated heterocycles. The standard InChI is InChI=1S/C15H23N3S/c1-10(2)14(9-17(4)5)18-13-8-11(3)6-7-12(13)16-15(18)19/h6-8,10,14H,9H2,1-5H3,(H,16,19). The summed E-state index contributed by atoms with van der Waals surface area (Å²) in [6, 6.07) is 6.84. The molecule has 1 aromatic heterocycles. The molecule has 0 amide bonds. The van der Waals surface area contributed by atoms with E-state index in [0.717, 1.165) is 16.8 Å². The quantitative estimate of drug-likeness (QED) is 0.860. The van der Waals surface area contributed by atoms with E-state index in [2.05, 4.69) is 67.5 Å². The van der Waals surface area contributed by atoms with Crippen molar-refractivity contribution < 1.29 is 0 Å². The lowest BCUT2D eigenvalue weighted by Gasteiger charge is -2.26. The fraction of sp³-hybridized carbons (Fsp3) is 0.533. The Bertz CT molecular complexity index is 622. The van der Waals surface area contributed by atoms with Gasteiger partial charge in [0.2, 0.25) is 0 Å². The third kappa shape index (κ3) is 2.90. The van der Waals surface area contributed by atoms with Gasteiger partial charge in [0.1, 0.15) is 0 Å². The molecule has 0 radical (unpaired) electrons. The Balaban J connectivity index is 2.61. The highest BCUT2D eigenvalue weighted by molar-refractivity contribution is 7.71. The van der Waals surface area contributed by atoms with Gasteiger partial charge in [0.15, 0.2) is 4.77 Å². The molecule has 1 aromatic carbocycles. The minimum atomic E-state index is 0.387. The van der Waals surface area contributed by atoms with Gasteiger partial charge in [0.05, 0.1) is 17.1 Å². The lowest BCUT2D eigenvalue weighted by molar-refractivity contribution is 0.272. The molecule has 2 rings (SSSR count). The van der Waals surface area contributed by atoms with Gasteiger partial charge >= 0.3 is 0 Å². The maximum absolute atomic E-state index is 5.53. The number of hydrogen-bond acceptors (Lipinski definition) is 2. The summed E-state index contributed by atoms with van der Waals surface area (Å²) in [5, 5.41) is 0. The van der Waals surface area contributed by atoms with Crippen LogP contribution in [0.25, 0.3) is 11.0 Å². The van der Waals surface area contributed by atoms with Gasteiger partial charge in [-0.25, -0.2) is 0 Å². The number of aromatic amines is 1. The van der Waals surface area contributed by atoms with Crippen LogP contribution < -0.4 is 0 Å². The number of nitrogens with one attached hydrogen (secondary N) is 1. The van der Waals surface area contributed by atoms with E-state index in [-0.39, 0.29) is 0 Å². The molecule has 0 aliphatic heterocycles. The predicted molar refractivity (Wildman–Crippen MR) is 84.3 cm³/mol. The van der Waals surface area contributed by atoms with Crippen molar-refractivity contribution in [2.75, 3.05) is 20.6 Å². The van der Waals surface area contributed by atoms with Crippen molar-refractivity contribution in [3.8, 4) is 0 Å². The van der Waals surface area contributed by atoms with Gasteiger partial charge in [-0.3, -0.25) is 0 Å². The number of likely N-dealkylation sites (N-methyl/N-ethyl adjacent to an activating group) is 1. The summed E-state index contributed by atoms with van der Waals surface area (Å²) < 4.78 is 3.10. The van der Waals surface area contributed by atoms with Crippen molar-refractivity contribution in [3.05, 3.63) is 28.5 Å². The lowest BCUT2D eigenvalue weighted by Crippen LogP contribution is -2.28. The van der Waals surface area contributed by atoms with Gasteiger partial charge in [-0.1, -0.05) is 19.9 Å². The number of imidazole rings is 1. The zero-order chi connectivity index (χ0) is 14.2. The Morgan fingerprint density at radius 3 is 2.58 bits per heavy atom. The number of aromatic nitrogens is 2. The molecule has 1 heterocycles. The molecule has 1 unspecified atom stereocenters. The van der Waals surface area contributed by atoms with Crippen molar-refractivity contribution in [2.24, 2.45) is 5.92 Å². The highest BCUT2D eigenvalue weighted by Crippen LogP contribution is 2.25. The van der Waals surface area contributed by atoms with Crippen LogP contribution in [-0.4, -0.2) is 35.1 Å². The molecule has 3 nitrogen and oxygen atoms in total. The molecule has 19 heavy (non-hydrogen) atoms. The molecular formula is C15H23N3S. The molecule has 0 saturated carbocycles. The minimum absolute atomic E-state index is 0.387. The molecule has 4 heteroatoms. The summed E-state index contributed by atoms with van der Waals surface area (Å²) in [4.78, 5) is 5.55. The van der Waals surface area contributed by atoms with Crippen LogP contribution in [0.5, 0.6) is 0 Å². The summed E-state index contributed by atoms with van der Waals surface area (Å²) in [5.41, 5.74) is 3.60. The molecule has 104 valence electrons. The molecule has 0 aliphatic rings. The first-order valence-corrected chi connectivity index (χ1v) is 7.16. The van der Waals surface area contributed by atoms with Gasteiger partial charge in [-0.2, -0.15) is 0 Å². The van der Waals surface area contributed by atoms with Crippen LogP contribution in [0, 0.1) is 17.6 Å². The molecule has 1 N–H and O–H groups in total. The van der Waals surface area contributed by atoms with Crippen LogP contribution >= 0.6 is 12.2 Å². The molecule has 0 aliphatic carbocycles. The van der Waals surface area contributed by atoms with E-state index in [9.17, 15) is 0 Å². The van der Waals surface area contributed by atoms with E-state index < -0.39 is 0 Å². The lowest BCUT2D eigenvalue weighted by atomic mass is 10.0. The number of benzene rings is 1. The number of H-pyrrole nitrogens is 1. The van der Waals surface area contributed by atoms with Crippen molar-refractivity contribution in [2.45, 2.75) is 26.8 Å². The summed E-state index contributed by atoms with van der Waals surface area (Å²) in [5.74, 6) is 0.536. The highest BCUT2D eigenvalue weighted by atomic mass is 32.1. The predicted octanol–water partition coefficient (Wildman–Crippen LogP) is 3.77. The smallest absolute Gasteiger partial charge is 0.178 e. The Morgan fingerprint density at radius 1 is 1.32 bits per heavy atom. The summed E-state index contributed by atoms with van der Waals surface area (Å²) >= 11 is 5.53. The number of hydrogen-bond donors (Lipinski definition) is 1.